The minimum Gasteiger partial charge on any atom is -0.427 e. The average molecular weight is 402 g/mol. The van der Waals surface area contributed by atoms with E-state index >= 15 is 0 Å². The van der Waals surface area contributed by atoms with E-state index in [-0.39, 0.29) is 23.4 Å². The lowest BCUT2D eigenvalue weighted by Gasteiger charge is -2.22. The van der Waals surface area contributed by atoms with E-state index in [4.69, 9.17) is 18.4 Å². The fourth-order valence-electron chi connectivity index (χ4n) is 4.06. The molecule has 156 valence electrons. The Morgan fingerprint density at radius 1 is 1.17 bits per heavy atom. The summed E-state index contributed by atoms with van der Waals surface area (Å²) >= 11 is 0. The molecule has 29 heavy (non-hydrogen) atoms. The molecule has 2 aliphatic heterocycles. The van der Waals surface area contributed by atoms with Crippen LogP contribution in [-0.4, -0.2) is 43.5 Å². The number of hydrogen-bond donors (Lipinski definition) is 1. The molecule has 2 aromatic heterocycles. The predicted octanol–water partition coefficient (Wildman–Crippen LogP) is 2.13. The standard InChI is InChI=1S/C21H26N2O6/c1-12-7-18(14-3-5-26-6-4-14)28-21(25)19(12)20(24)22-17-11-27-10-15(17)9-16-8-13(2)23-29-16/h7-8,14-15,17H,3-6,9-11H2,1-2H3,(H,22,24)/t15-,17+/m1/s1. The number of ether oxygens (including phenoxy) is 2. The molecule has 2 fully saturated rings. The van der Waals surface area contributed by atoms with Crippen LogP contribution in [0, 0.1) is 19.8 Å². The molecule has 4 rings (SSSR count). The lowest BCUT2D eigenvalue weighted by molar-refractivity contribution is 0.0795. The van der Waals surface area contributed by atoms with Crippen molar-refractivity contribution < 1.29 is 23.2 Å². The SMILES string of the molecule is Cc1cc(C[C@@H]2COC[C@@H]2NC(=O)c2c(C)cc(C3CCOCC3)oc2=O)on1. The second-order valence-corrected chi connectivity index (χ2v) is 7.90. The van der Waals surface area contributed by atoms with E-state index in [9.17, 15) is 9.59 Å². The Bertz CT molecular complexity index is 927. The number of rotatable bonds is 5. The highest BCUT2D eigenvalue weighted by Crippen LogP contribution is 2.27. The van der Waals surface area contributed by atoms with Gasteiger partial charge in [-0.05, 0) is 38.3 Å². The zero-order valence-electron chi connectivity index (χ0n) is 16.7. The summed E-state index contributed by atoms with van der Waals surface area (Å²) in [4.78, 5) is 25.4. The van der Waals surface area contributed by atoms with Crippen LogP contribution < -0.4 is 10.9 Å². The highest BCUT2D eigenvalue weighted by Gasteiger charge is 2.32. The van der Waals surface area contributed by atoms with Crippen molar-refractivity contribution in [3.05, 3.63) is 50.9 Å². The van der Waals surface area contributed by atoms with Crippen LogP contribution >= 0.6 is 0 Å². The van der Waals surface area contributed by atoms with Gasteiger partial charge in [-0.3, -0.25) is 4.79 Å². The van der Waals surface area contributed by atoms with E-state index in [1.807, 2.05) is 19.1 Å². The summed E-state index contributed by atoms with van der Waals surface area (Å²) in [6.45, 7) is 5.86. The first kappa shape index (κ1) is 19.8. The third-order valence-electron chi connectivity index (χ3n) is 5.67. The maximum atomic E-state index is 12.8. The minimum absolute atomic E-state index is 0.0557. The predicted molar refractivity (Wildman–Crippen MR) is 103 cm³/mol. The summed E-state index contributed by atoms with van der Waals surface area (Å²) in [5, 5.41) is 6.84. The number of nitrogens with zero attached hydrogens (tertiary/aromatic N) is 1. The maximum Gasteiger partial charge on any atom is 0.349 e. The number of amides is 1. The van der Waals surface area contributed by atoms with Crippen LogP contribution in [0.3, 0.4) is 0 Å². The molecule has 8 heteroatoms. The number of aromatic nitrogens is 1. The summed E-state index contributed by atoms with van der Waals surface area (Å²) in [6.07, 6.45) is 2.24. The Morgan fingerprint density at radius 2 is 1.97 bits per heavy atom. The summed E-state index contributed by atoms with van der Waals surface area (Å²) in [6, 6.07) is 3.49. The number of aryl methyl sites for hydroxylation is 2. The molecule has 1 N–H and O–H groups in total. The Balaban J connectivity index is 1.46. The molecule has 0 unspecified atom stereocenters. The second-order valence-electron chi connectivity index (χ2n) is 7.90. The Morgan fingerprint density at radius 3 is 2.66 bits per heavy atom. The normalized spacial score (nSPS) is 22.7. The van der Waals surface area contributed by atoms with Crippen LogP contribution in [0.5, 0.6) is 0 Å². The van der Waals surface area contributed by atoms with Gasteiger partial charge in [-0.1, -0.05) is 5.16 Å². The van der Waals surface area contributed by atoms with Crippen molar-refractivity contribution in [1.82, 2.24) is 10.5 Å². The van der Waals surface area contributed by atoms with E-state index in [0.29, 0.717) is 44.2 Å². The van der Waals surface area contributed by atoms with Gasteiger partial charge in [-0.15, -0.1) is 0 Å². The number of hydrogen-bond acceptors (Lipinski definition) is 7. The van der Waals surface area contributed by atoms with Crippen LogP contribution in [-0.2, 0) is 15.9 Å². The number of nitrogens with one attached hydrogen (secondary N) is 1. The fourth-order valence-corrected chi connectivity index (χ4v) is 4.06. The average Bonchev–Trinajstić information content (AvgIpc) is 3.31. The highest BCUT2D eigenvalue weighted by atomic mass is 16.5. The first-order chi connectivity index (χ1) is 14.0. The largest absolute Gasteiger partial charge is 0.427 e. The van der Waals surface area contributed by atoms with E-state index in [0.717, 1.165) is 24.3 Å². The molecule has 0 spiro atoms. The molecule has 0 radical (unpaired) electrons. The van der Waals surface area contributed by atoms with Crippen molar-refractivity contribution in [3.8, 4) is 0 Å². The lowest BCUT2D eigenvalue weighted by Crippen LogP contribution is -2.42. The van der Waals surface area contributed by atoms with E-state index in [2.05, 4.69) is 10.5 Å². The van der Waals surface area contributed by atoms with Gasteiger partial charge in [0.25, 0.3) is 5.91 Å². The molecule has 8 nitrogen and oxygen atoms in total. The highest BCUT2D eigenvalue weighted by molar-refractivity contribution is 5.95. The molecule has 0 aromatic carbocycles. The van der Waals surface area contributed by atoms with Gasteiger partial charge in [-0.2, -0.15) is 0 Å². The molecule has 2 atom stereocenters. The van der Waals surface area contributed by atoms with Crippen LogP contribution in [0.25, 0.3) is 0 Å². The van der Waals surface area contributed by atoms with Crippen molar-refractivity contribution in [3.63, 3.8) is 0 Å². The van der Waals surface area contributed by atoms with Crippen molar-refractivity contribution in [2.45, 2.75) is 45.1 Å². The fraction of sp³-hybridized carbons (Fsp3) is 0.571. The molecule has 2 aromatic rings. The molecule has 1 amide bonds. The molecular weight excluding hydrogens is 376 g/mol. The van der Waals surface area contributed by atoms with Crippen LogP contribution in [0.4, 0.5) is 0 Å². The molecule has 0 aliphatic carbocycles. The molecular formula is C21H26N2O6. The third kappa shape index (κ3) is 4.43. The molecule has 4 heterocycles. The van der Waals surface area contributed by atoms with Crippen molar-refractivity contribution in [1.29, 1.82) is 0 Å². The topological polar surface area (TPSA) is 104 Å². The summed E-state index contributed by atoms with van der Waals surface area (Å²) in [5.74, 6) is 1.18. The van der Waals surface area contributed by atoms with Gasteiger partial charge < -0.3 is 23.7 Å². The van der Waals surface area contributed by atoms with Gasteiger partial charge in [-0.25, -0.2) is 4.79 Å². The Labute approximate surface area is 168 Å². The second kappa shape index (κ2) is 8.51. The number of carbonyl (C=O) groups excluding carboxylic acids is 1. The van der Waals surface area contributed by atoms with Crippen molar-refractivity contribution in [2.75, 3.05) is 26.4 Å². The summed E-state index contributed by atoms with van der Waals surface area (Å²) in [5.41, 5.74) is 0.909. The van der Waals surface area contributed by atoms with Crippen molar-refractivity contribution in [2.24, 2.45) is 5.92 Å². The van der Waals surface area contributed by atoms with Crippen molar-refractivity contribution >= 4 is 5.91 Å². The van der Waals surface area contributed by atoms with Gasteiger partial charge in [0.15, 0.2) is 0 Å². The van der Waals surface area contributed by atoms with Gasteiger partial charge >= 0.3 is 5.63 Å². The van der Waals surface area contributed by atoms with Gasteiger partial charge in [0.1, 0.15) is 17.1 Å². The number of carbonyl (C=O) groups is 1. The van der Waals surface area contributed by atoms with E-state index in [1.54, 1.807) is 6.92 Å². The molecule has 2 saturated heterocycles. The first-order valence-corrected chi connectivity index (χ1v) is 10.0. The molecule has 0 bridgehead atoms. The first-order valence-electron chi connectivity index (χ1n) is 10.0. The third-order valence-corrected chi connectivity index (χ3v) is 5.67. The Kier molecular flexibility index (Phi) is 5.82. The summed E-state index contributed by atoms with van der Waals surface area (Å²) in [7, 11) is 0. The van der Waals surface area contributed by atoms with Crippen LogP contribution in [0.2, 0.25) is 0 Å². The van der Waals surface area contributed by atoms with Crippen LogP contribution in [0.1, 0.15) is 51.9 Å². The van der Waals surface area contributed by atoms with Crippen LogP contribution in [0.15, 0.2) is 25.9 Å². The van der Waals surface area contributed by atoms with E-state index in [1.165, 1.54) is 0 Å². The smallest absolute Gasteiger partial charge is 0.349 e. The van der Waals surface area contributed by atoms with Gasteiger partial charge in [0, 0.05) is 37.5 Å². The minimum atomic E-state index is -0.592. The zero-order chi connectivity index (χ0) is 20.4. The van der Waals surface area contributed by atoms with E-state index < -0.39 is 11.5 Å². The Hall–Kier alpha value is -2.45. The monoisotopic (exact) mass is 402 g/mol. The molecule has 0 saturated carbocycles. The quantitative estimate of drug-likeness (QED) is 0.817. The summed E-state index contributed by atoms with van der Waals surface area (Å²) < 4.78 is 21.7. The van der Waals surface area contributed by atoms with Gasteiger partial charge in [0.2, 0.25) is 0 Å². The maximum absolute atomic E-state index is 12.8. The zero-order valence-corrected chi connectivity index (χ0v) is 16.7. The molecule has 2 aliphatic rings. The lowest BCUT2D eigenvalue weighted by atomic mass is 9.95. The van der Waals surface area contributed by atoms with Gasteiger partial charge in [0.05, 0.1) is 24.9 Å².